The van der Waals surface area contributed by atoms with E-state index in [1.807, 2.05) is 13.8 Å². The van der Waals surface area contributed by atoms with E-state index in [1.54, 1.807) is 0 Å². The smallest absolute Gasteiger partial charge is 0.0642 e. The van der Waals surface area contributed by atoms with Crippen LogP contribution in [-0.2, 0) is 0 Å². The molecule has 2 atom stereocenters. The summed E-state index contributed by atoms with van der Waals surface area (Å²) in [7, 11) is 0. The highest BCUT2D eigenvalue weighted by Gasteiger charge is 2.23. The van der Waals surface area contributed by atoms with E-state index < -0.39 is 0 Å². The molecule has 14 heavy (non-hydrogen) atoms. The second-order valence-corrected chi connectivity index (χ2v) is 3.63. The second kappa shape index (κ2) is 8.01. The van der Waals surface area contributed by atoms with Crippen molar-refractivity contribution in [3.63, 3.8) is 0 Å². The Morgan fingerprint density at radius 3 is 2.36 bits per heavy atom. The highest BCUT2D eigenvalue weighted by Crippen LogP contribution is 2.27. The van der Waals surface area contributed by atoms with Crippen molar-refractivity contribution in [3.05, 3.63) is 12.2 Å². The minimum Gasteiger partial charge on any atom is -0.393 e. The summed E-state index contributed by atoms with van der Waals surface area (Å²) in [5, 5.41) is 18.6. The maximum absolute atomic E-state index is 9.68. The van der Waals surface area contributed by atoms with Crippen molar-refractivity contribution in [1.82, 2.24) is 0 Å². The zero-order chi connectivity index (χ0) is 11.0. The van der Waals surface area contributed by atoms with Crippen LogP contribution in [0.4, 0.5) is 0 Å². The highest BCUT2D eigenvalue weighted by molar-refractivity contribution is 5.03. The monoisotopic (exact) mass is 200 g/mol. The van der Waals surface area contributed by atoms with Crippen LogP contribution in [0, 0.1) is 5.92 Å². The molecule has 0 aromatic rings. The molecule has 0 aliphatic heterocycles. The molecule has 1 fully saturated rings. The van der Waals surface area contributed by atoms with Gasteiger partial charge in [0, 0.05) is 5.92 Å². The van der Waals surface area contributed by atoms with Crippen LogP contribution in [0.1, 0.15) is 46.0 Å². The summed E-state index contributed by atoms with van der Waals surface area (Å²) in [4.78, 5) is 0. The molecule has 2 heteroatoms. The molecule has 1 aliphatic carbocycles. The summed E-state index contributed by atoms with van der Waals surface area (Å²) in [5.41, 5.74) is 0.796. The molecular weight excluding hydrogens is 176 g/mol. The molecule has 1 rings (SSSR count). The first kappa shape index (κ1) is 13.7. The highest BCUT2D eigenvalue weighted by atomic mass is 16.3. The molecule has 0 radical (unpaired) electrons. The number of rotatable bonds is 2. The summed E-state index contributed by atoms with van der Waals surface area (Å²) >= 11 is 0. The van der Waals surface area contributed by atoms with E-state index in [1.165, 1.54) is 6.42 Å². The zero-order valence-electron chi connectivity index (χ0n) is 9.50. The lowest BCUT2D eigenvalue weighted by Gasteiger charge is -2.21. The molecule has 0 amide bonds. The Hall–Kier alpha value is -0.340. The molecule has 1 saturated carbocycles. The average Bonchev–Trinajstić information content (AvgIpc) is 2.45. The topological polar surface area (TPSA) is 40.5 Å². The Labute approximate surface area is 87.7 Å². The Balaban J connectivity index is 0.000000791. The van der Waals surface area contributed by atoms with Crippen molar-refractivity contribution in [3.8, 4) is 0 Å². The molecule has 0 aromatic carbocycles. The van der Waals surface area contributed by atoms with E-state index in [2.05, 4.69) is 6.58 Å². The number of hydrogen-bond donors (Lipinski definition) is 2. The summed E-state index contributed by atoms with van der Waals surface area (Å²) in [5.74, 6) is 0.137. The van der Waals surface area contributed by atoms with Crippen molar-refractivity contribution in [2.75, 3.05) is 6.61 Å². The van der Waals surface area contributed by atoms with Gasteiger partial charge in [0.15, 0.2) is 0 Å². The lowest BCUT2D eigenvalue weighted by Crippen LogP contribution is -2.21. The van der Waals surface area contributed by atoms with Crippen molar-refractivity contribution >= 4 is 0 Å². The predicted octanol–water partition coefficient (Wildman–Crippen LogP) is 2.50. The van der Waals surface area contributed by atoms with Crippen LogP contribution in [0.3, 0.4) is 0 Å². The summed E-state index contributed by atoms with van der Waals surface area (Å²) in [6, 6.07) is 0. The minimum atomic E-state index is -0.271. The van der Waals surface area contributed by atoms with Crippen LogP contribution >= 0.6 is 0 Å². The van der Waals surface area contributed by atoms with Gasteiger partial charge in [0.1, 0.15) is 0 Å². The van der Waals surface area contributed by atoms with Gasteiger partial charge in [-0.2, -0.15) is 0 Å². The summed E-state index contributed by atoms with van der Waals surface area (Å²) < 4.78 is 0. The third-order valence-electron chi connectivity index (χ3n) is 2.71. The quantitative estimate of drug-likeness (QED) is 0.531. The molecule has 0 unspecified atom stereocenters. The van der Waals surface area contributed by atoms with E-state index in [0.29, 0.717) is 0 Å². The van der Waals surface area contributed by atoms with Gasteiger partial charge in [-0.15, -0.1) is 0 Å². The molecule has 2 nitrogen and oxygen atoms in total. The van der Waals surface area contributed by atoms with Gasteiger partial charge in [0.05, 0.1) is 12.7 Å². The third-order valence-corrected chi connectivity index (χ3v) is 2.71. The number of aliphatic hydroxyl groups excluding tert-OH is 2. The Morgan fingerprint density at radius 2 is 1.79 bits per heavy atom. The Morgan fingerprint density at radius 1 is 1.21 bits per heavy atom. The van der Waals surface area contributed by atoms with Crippen LogP contribution in [0.5, 0.6) is 0 Å². The van der Waals surface area contributed by atoms with Gasteiger partial charge in [-0.25, -0.2) is 0 Å². The van der Waals surface area contributed by atoms with Gasteiger partial charge in [0.25, 0.3) is 0 Å². The van der Waals surface area contributed by atoms with Crippen molar-refractivity contribution in [1.29, 1.82) is 0 Å². The van der Waals surface area contributed by atoms with E-state index >= 15 is 0 Å². The van der Waals surface area contributed by atoms with Gasteiger partial charge in [-0.3, -0.25) is 0 Å². The Kier molecular flexibility index (Phi) is 7.81. The van der Waals surface area contributed by atoms with Gasteiger partial charge >= 0.3 is 0 Å². The lowest BCUT2D eigenvalue weighted by atomic mass is 9.90. The van der Waals surface area contributed by atoms with E-state index in [-0.39, 0.29) is 18.6 Å². The first-order chi connectivity index (χ1) is 6.75. The summed E-state index contributed by atoms with van der Waals surface area (Å²) in [6.07, 6.45) is 5.04. The van der Waals surface area contributed by atoms with Gasteiger partial charge in [-0.1, -0.05) is 39.7 Å². The van der Waals surface area contributed by atoms with Gasteiger partial charge < -0.3 is 10.2 Å². The molecule has 0 bridgehead atoms. The van der Waals surface area contributed by atoms with Crippen LogP contribution in [0.15, 0.2) is 12.2 Å². The first-order valence-corrected chi connectivity index (χ1v) is 5.72. The average molecular weight is 200 g/mol. The number of hydrogen-bond acceptors (Lipinski definition) is 2. The lowest BCUT2D eigenvalue weighted by molar-refractivity contribution is 0.111. The minimum absolute atomic E-state index is 0.0156. The maximum Gasteiger partial charge on any atom is 0.0642 e. The van der Waals surface area contributed by atoms with Gasteiger partial charge in [0.2, 0.25) is 0 Å². The molecule has 0 aromatic heterocycles. The van der Waals surface area contributed by atoms with Crippen LogP contribution in [0.2, 0.25) is 0 Å². The fraction of sp³-hybridized carbons (Fsp3) is 0.833. The fourth-order valence-electron chi connectivity index (χ4n) is 1.88. The van der Waals surface area contributed by atoms with Crippen molar-refractivity contribution in [2.24, 2.45) is 5.92 Å². The summed E-state index contributed by atoms with van der Waals surface area (Å²) in [6.45, 7) is 7.79. The molecule has 0 saturated heterocycles. The maximum atomic E-state index is 9.68. The van der Waals surface area contributed by atoms with Crippen LogP contribution < -0.4 is 0 Å². The third kappa shape index (κ3) is 4.25. The van der Waals surface area contributed by atoms with Crippen molar-refractivity contribution < 1.29 is 10.2 Å². The normalized spacial score (nSPS) is 27.1. The number of aliphatic hydroxyl groups is 2. The molecule has 84 valence electrons. The molecule has 0 spiro atoms. The standard InChI is InChI=1S/C10H18O2.C2H6/c1-8(7-11)9-5-3-2-4-6-10(9)12;1-2/h9-12H,1-7H2;1-2H3/t9-,10+;/m0./s1. The SMILES string of the molecule is C=C(CO)[C@@H]1CCCCC[C@H]1O.CC. The molecular formula is C12H24O2. The fourth-order valence-corrected chi connectivity index (χ4v) is 1.88. The molecule has 2 N–H and O–H groups in total. The van der Waals surface area contributed by atoms with Crippen molar-refractivity contribution in [2.45, 2.75) is 52.1 Å². The molecule has 0 heterocycles. The Bertz CT molecular complexity index is 154. The van der Waals surface area contributed by atoms with E-state index in [9.17, 15) is 5.11 Å². The van der Waals surface area contributed by atoms with Crippen LogP contribution in [-0.4, -0.2) is 22.9 Å². The predicted molar refractivity (Wildman–Crippen MR) is 60.2 cm³/mol. The zero-order valence-corrected chi connectivity index (χ0v) is 9.50. The molecule has 1 aliphatic rings. The van der Waals surface area contributed by atoms with E-state index in [4.69, 9.17) is 5.11 Å². The largest absolute Gasteiger partial charge is 0.393 e. The van der Waals surface area contributed by atoms with E-state index in [0.717, 1.165) is 31.3 Å². The first-order valence-electron chi connectivity index (χ1n) is 5.72. The van der Waals surface area contributed by atoms with Gasteiger partial charge in [-0.05, 0) is 18.4 Å². The van der Waals surface area contributed by atoms with Crippen LogP contribution in [0.25, 0.3) is 0 Å². The second-order valence-electron chi connectivity index (χ2n) is 3.63.